The van der Waals surface area contributed by atoms with E-state index >= 15 is 0 Å². The lowest BCUT2D eigenvalue weighted by Gasteiger charge is -2.09. The number of thiocarbonyl (C=S) groups is 1. The van der Waals surface area contributed by atoms with Crippen molar-refractivity contribution in [3.8, 4) is 11.5 Å². The van der Waals surface area contributed by atoms with Crippen LogP contribution in [0.5, 0.6) is 11.5 Å². The fourth-order valence-corrected chi connectivity index (χ4v) is 1.62. The molecule has 0 amide bonds. The zero-order chi connectivity index (χ0) is 12.1. The molecule has 0 saturated heterocycles. The van der Waals surface area contributed by atoms with E-state index in [-0.39, 0.29) is 0 Å². The lowest BCUT2D eigenvalue weighted by Crippen LogP contribution is -2.34. The highest BCUT2D eigenvalue weighted by Gasteiger charge is 2.12. The standard InChI is InChI=1S/C12H14N2O2S/c1-2-5-13-12(17)14-7-9-3-4-10-11(6-9)16-8-15-10/h2-4,6H,1,5,7-8H2,(H2,13,14,17). The second kappa shape index (κ2) is 5.54. The Bertz CT molecular complexity index is 435. The van der Waals surface area contributed by atoms with E-state index in [1.54, 1.807) is 6.08 Å². The number of nitrogens with one attached hydrogen (secondary N) is 2. The molecule has 0 unspecified atom stereocenters. The Balaban J connectivity index is 1.87. The molecule has 1 aliphatic rings. The molecule has 2 rings (SSSR count). The van der Waals surface area contributed by atoms with Crippen molar-refractivity contribution < 1.29 is 9.47 Å². The van der Waals surface area contributed by atoms with Crippen LogP contribution < -0.4 is 20.1 Å². The summed E-state index contributed by atoms with van der Waals surface area (Å²) in [5.74, 6) is 1.58. The third-order valence-electron chi connectivity index (χ3n) is 2.30. The predicted molar refractivity (Wildman–Crippen MR) is 70.2 cm³/mol. The van der Waals surface area contributed by atoms with Gasteiger partial charge in [0.2, 0.25) is 6.79 Å². The molecule has 1 aromatic rings. The first-order valence-electron chi connectivity index (χ1n) is 5.30. The quantitative estimate of drug-likeness (QED) is 0.627. The van der Waals surface area contributed by atoms with Gasteiger partial charge >= 0.3 is 0 Å². The molecule has 0 bridgehead atoms. The van der Waals surface area contributed by atoms with Crippen LogP contribution in [0.1, 0.15) is 5.56 Å². The molecule has 0 aliphatic carbocycles. The van der Waals surface area contributed by atoms with Gasteiger partial charge in [0.05, 0.1) is 0 Å². The van der Waals surface area contributed by atoms with Crippen molar-refractivity contribution in [2.45, 2.75) is 6.54 Å². The van der Waals surface area contributed by atoms with Gasteiger partial charge in [0.1, 0.15) is 0 Å². The topological polar surface area (TPSA) is 42.5 Å². The monoisotopic (exact) mass is 250 g/mol. The first-order chi connectivity index (χ1) is 8.29. The van der Waals surface area contributed by atoms with Gasteiger partial charge in [-0.3, -0.25) is 0 Å². The maximum absolute atomic E-state index is 5.30. The van der Waals surface area contributed by atoms with Gasteiger partial charge < -0.3 is 20.1 Å². The van der Waals surface area contributed by atoms with Gasteiger partial charge in [-0.15, -0.1) is 6.58 Å². The van der Waals surface area contributed by atoms with Gasteiger partial charge in [-0.05, 0) is 29.9 Å². The zero-order valence-electron chi connectivity index (χ0n) is 9.36. The summed E-state index contributed by atoms with van der Waals surface area (Å²) < 4.78 is 10.5. The van der Waals surface area contributed by atoms with Crippen LogP contribution in [-0.4, -0.2) is 18.5 Å². The highest BCUT2D eigenvalue weighted by Crippen LogP contribution is 2.32. The van der Waals surface area contributed by atoms with Crippen molar-refractivity contribution >= 4 is 17.3 Å². The molecule has 1 heterocycles. The molecule has 0 saturated carbocycles. The molecule has 0 atom stereocenters. The number of rotatable bonds is 4. The normalized spacial score (nSPS) is 12.0. The highest BCUT2D eigenvalue weighted by atomic mass is 32.1. The molecular formula is C12H14N2O2S. The third kappa shape index (κ3) is 3.10. The summed E-state index contributed by atoms with van der Waals surface area (Å²) in [6, 6.07) is 5.83. The van der Waals surface area contributed by atoms with E-state index in [2.05, 4.69) is 17.2 Å². The minimum atomic E-state index is 0.297. The van der Waals surface area contributed by atoms with Crippen molar-refractivity contribution in [1.29, 1.82) is 0 Å². The van der Waals surface area contributed by atoms with Crippen LogP contribution in [-0.2, 0) is 6.54 Å². The van der Waals surface area contributed by atoms with Gasteiger partial charge in [-0.2, -0.15) is 0 Å². The molecule has 17 heavy (non-hydrogen) atoms. The van der Waals surface area contributed by atoms with E-state index in [1.807, 2.05) is 18.2 Å². The van der Waals surface area contributed by atoms with Crippen LogP contribution >= 0.6 is 12.2 Å². The molecule has 1 aromatic carbocycles. The number of fused-ring (bicyclic) bond motifs is 1. The van der Waals surface area contributed by atoms with Crippen molar-refractivity contribution in [3.05, 3.63) is 36.4 Å². The maximum Gasteiger partial charge on any atom is 0.231 e. The third-order valence-corrected chi connectivity index (χ3v) is 2.59. The smallest absolute Gasteiger partial charge is 0.231 e. The van der Waals surface area contributed by atoms with Crippen LogP contribution in [0.4, 0.5) is 0 Å². The molecule has 0 aromatic heterocycles. The predicted octanol–water partition coefficient (Wildman–Crippen LogP) is 1.57. The molecule has 5 heteroatoms. The van der Waals surface area contributed by atoms with E-state index in [9.17, 15) is 0 Å². The van der Waals surface area contributed by atoms with Gasteiger partial charge in [-0.25, -0.2) is 0 Å². The first kappa shape index (κ1) is 11.7. The minimum Gasteiger partial charge on any atom is -0.454 e. The summed E-state index contributed by atoms with van der Waals surface area (Å²) in [7, 11) is 0. The van der Waals surface area contributed by atoms with Gasteiger partial charge in [0, 0.05) is 13.1 Å². The second-order valence-corrected chi connectivity index (χ2v) is 3.95. The summed E-state index contributed by atoms with van der Waals surface area (Å²) in [5, 5.41) is 6.72. The lowest BCUT2D eigenvalue weighted by atomic mass is 10.2. The van der Waals surface area contributed by atoms with Crippen molar-refractivity contribution in [2.75, 3.05) is 13.3 Å². The van der Waals surface area contributed by atoms with Gasteiger partial charge in [0.25, 0.3) is 0 Å². The minimum absolute atomic E-state index is 0.297. The van der Waals surface area contributed by atoms with Crippen LogP contribution in [0.15, 0.2) is 30.9 Å². The molecule has 0 fully saturated rings. The average molecular weight is 250 g/mol. The Morgan fingerprint density at radius 3 is 3.00 bits per heavy atom. The molecular weight excluding hydrogens is 236 g/mol. The maximum atomic E-state index is 5.30. The molecule has 0 radical (unpaired) electrons. The second-order valence-electron chi connectivity index (χ2n) is 3.54. The van der Waals surface area contributed by atoms with Crippen LogP contribution in [0.3, 0.4) is 0 Å². The SMILES string of the molecule is C=CCNC(=S)NCc1ccc2c(c1)OCO2. The number of hydrogen-bond donors (Lipinski definition) is 2. The van der Waals surface area contributed by atoms with E-state index in [0.29, 0.717) is 25.0 Å². The summed E-state index contributed by atoms with van der Waals surface area (Å²) in [4.78, 5) is 0. The van der Waals surface area contributed by atoms with E-state index < -0.39 is 0 Å². The number of hydrogen-bond acceptors (Lipinski definition) is 3. The Labute approximate surface area is 106 Å². The molecule has 1 aliphatic heterocycles. The Kier molecular flexibility index (Phi) is 3.82. The fraction of sp³-hybridized carbons (Fsp3) is 0.250. The molecule has 2 N–H and O–H groups in total. The fourth-order valence-electron chi connectivity index (χ4n) is 1.46. The summed E-state index contributed by atoms with van der Waals surface area (Å²) >= 11 is 5.09. The van der Waals surface area contributed by atoms with Crippen molar-refractivity contribution in [1.82, 2.24) is 10.6 Å². The summed E-state index contributed by atoms with van der Waals surface area (Å²) in [5.41, 5.74) is 1.09. The first-order valence-corrected chi connectivity index (χ1v) is 5.71. The Morgan fingerprint density at radius 1 is 1.35 bits per heavy atom. The van der Waals surface area contributed by atoms with Crippen LogP contribution in [0.25, 0.3) is 0 Å². The lowest BCUT2D eigenvalue weighted by molar-refractivity contribution is 0.174. The number of ether oxygens (including phenoxy) is 2. The van der Waals surface area contributed by atoms with E-state index in [4.69, 9.17) is 21.7 Å². The number of benzene rings is 1. The molecule has 0 spiro atoms. The van der Waals surface area contributed by atoms with Crippen LogP contribution in [0.2, 0.25) is 0 Å². The van der Waals surface area contributed by atoms with Gasteiger partial charge in [0.15, 0.2) is 16.6 Å². The Hall–Kier alpha value is -1.75. The summed E-state index contributed by atoms with van der Waals surface area (Å²) in [6.45, 7) is 5.22. The highest BCUT2D eigenvalue weighted by molar-refractivity contribution is 7.80. The van der Waals surface area contributed by atoms with Crippen LogP contribution in [0, 0.1) is 0 Å². The largest absolute Gasteiger partial charge is 0.454 e. The average Bonchev–Trinajstić information content (AvgIpc) is 2.81. The molecule has 4 nitrogen and oxygen atoms in total. The Morgan fingerprint density at radius 2 is 2.18 bits per heavy atom. The van der Waals surface area contributed by atoms with Crippen molar-refractivity contribution in [2.24, 2.45) is 0 Å². The van der Waals surface area contributed by atoms with E-state index in [0.717, 1.165) is 17.1 Å². The van der Waals surface area contributed by atoms with Gasteiger partial charge in [-0.1, -0.05) is 12.1 Å². The van der Waals surface area contributed by atoms with E-state index in [1.165, 1.54) is 0 Å². The zero-order valence-corrected chi connectivity index (χ0v) is 10.2. The van der Waals surface area contributed by atoms with Crippen molar-refractivity contribution in [3.63, 3.8) is 0 Å². The molecule has 90 valence electrons. The summed E-state index contributed by atoms with van der Waals surface area (Å²) in [6.07, 6.45) is 1.76.